The summed E-state index contributed by atoms with van der Waals surface area (Å²) >= 11 is 0. The Labute approximate surface area is 122 Å². The van der Waals surface area contributed by atoms with Crippen molar-refractivity contribution in [2.75, 3.05) is 11.9 Å². The fourth-order valence-electron chi connectivity index (χ4n) is 2.08. The molecular weight excluding hydrogens is 272 g/mol. The first-order chi connectivity index (χ1) is 9.83. The summed E-state index contributed by atoms with van der Waals surface area (Å²) < 4.78 is 0. The predicted octanol–water partition coefficient (Wildman–Crippen LogP) is 0.414. The average Bonchev–Trinajstić information content (AvgIpc) is 2.61. The molecule has 1 heterocycles. The number of nitrogens with zero attached hydrogens (tertiary/aromatic N) is 1. The minimum atomic E-state index is -0.975. The number of imide groups is 1. The molecule has 21 heavy (non-hydrogen) atoms. The molecule has 1 saturated heterocycles. The fraction of sp³-hybridized carbons (Fsp3) is 0.357. The second-order valence-corrected chi connectivity index (χ2v) is 5.40. The second kappa shape index (κ2) is 5.53. The summed E-state index contributed by atoms with van der Waals surface area (Å²) in [5.41, 5.74) is 6.01. The molecule has 0 aromatic heterocycles. The zero-order valence-corrected chi connectivity index (χ0v) is 12.0. The molecule has 1 aromatic rings. The zero-order valence-electron chi connectivity index (χ0n) is 12.0. The number of hydrogen-bond acceptors (Lipinski definition) is 4. The van der Waals surface area contributed by atoms with Gasteiger partial charge in [-0.05, 0) is 31.5 Å². The van der Waals surface area contributed by atoms with Crippen LogP contribution in [0.15, 0.2) is 24.3 Å². The van der Waals surface area contributed by atoms with E-state index in [0.717, 1.165) is 10.5 Å². The topological polar surface area (TPSA) is 105 Å². The number of hydrogen-bond donors (Lipinski definition) is 3. The number of anilines is 1. The van der Waals surface area contributed by atoms with E-state index in [9.17, 15) is 14.4 Å². The average molecular weight is 290 g/mol. The van der Waals surface area contributed by atoms with E-state index in [2.05, 4.69) is 10.6 Å². The summed E-state index contributed by atoms with van der Waals surface area (Å²) in [6.07, 6.45) is 0. The lowest BCUT2D eigenvalue weighted by Crippen LogP contribution is -2.41. The first-order valence-electron chi connectivity index (χ1n) is 6.56. The number of carbonyl (C=O) groups is 3. The SMILES string of the molecule is CC1(C)NC(=O)N(CC(=O)Nc2cccc(CN)c2)C1=O. The highest BCUT2D eigenvalue weighted by molar-refractivity contribution is 6.09. The van der Waals surface area contributed by atoms with Gasteiger partial charge in [0.15, 0.2) is 0 Å². The molecule has 1 aromatic carbocycles. The van der Waals surface area contributed by atoms with Crippen LogP contribution in [0.2, 0.25) is 0 Å². The third kappa shape index (κ3) is 3.19. The van der Waals surface area contributed by atoms with Crippen molar-refractivity contribution in [1.29, 1.82) is 0 Å². The van der Waals surface area contributed by atoms with E-state index < -0.39 is 23.4 Å². The summed E-state index contributed by atoms with van der Waals surface area (Å²) in [5, 5.41) is 5.16. The van der Waals surface area contributed by atoms with Gasteiger partial charge in [-0.25, -0.2) is 4.79 Å². The summed E-state index contributed by atoms with van der Waals surface area (Å²) in [4.78, 5) is 36.5. The van der Waals surface area contributed by atoms with E-state index in [4.69, 9.17) is 5.73 Å². The Bertz CT molecular complexity index is 598. The number of amides is 4. The fourth-order valence-corrected chi connectivity index (χ4v) is 2.08. The minimum Gasteiger partial charge on any atom is -0.326 e. The quantitative estimate of drug-likeness (QED) is 0.699. The van der Waals surface area contributed by atoms with Crippen LogP contribution in [-0.2, 0) is 16.1 Å². The second-order valence-electron chi connectivity index (χ2n) is 5.40. The Hall–Kier alpha value is -2.41. The molecule has 0 aliphatic carbocycles. The maximum absolute atomic E-state index is 12.0. The van der Waals surface area contributed by atoms with Gasteiger partial charge in [-0.15, -0.1) is 0 Å². The Morgan fingerprint density at radius 1 is 1.38 bits per heavy atom. The van der Waals surface area contributed by atoms with Crippen LogP contribution in [0.4, 0.5) is 10.5 Å². The molecule has 7 heteroatoms. The first-order valence-corrected chi connectivity index (χ1v) is 6.56. The van der Waals surface area contributed by atoms with E-state index in [1.807, 2.05) is 6.07 Å². The minimum absolute atomic E-state index is 0.319. The molecular formula is C14H18N4O3. The van der Waals surface area contributed by atoms with Gasteiger partial charge in [0, 0.05) is 12.2 Å². The third-order valence-electron chi connectivity index (χ3n) is 3.19. The van der Waals surface area contributed by atoms with Crippen molar-refractivity contribution in [3.05, 3.63) is 29.8 Å². The van der Waals surface area contributed by atoms with Crippen LogP contribution in [0.3, 0.4) is 0 Å². The number of carbonyl (C=O) groups excluding carboxylic acids is 3. The van der Waals surface area contributed by atoms with Gasteiger partial charge in [0.25, 0.3) is 5.91 Å². The van der Waals surface area contributed by atoms with Crippen LogP contribution < -0.4 is 16.4 Å². The Balaban J connectivity index is 2.02. The van der Waals surface area contributed by atoms with Gasteiger partial charge in [-0.2, -0.15) is 0 Å². The van der Waals surface area contributed by atoms with E-state index in [-0.39, 0.29) is 6.54 Å². The Kier molecular flexibility index (Phi) is 3.95. The lowest BCUT2D eigenvalue weighted by atomic mass is 10.1. The molecule has 4 amide bonds. The molecule has 0 atom stereocenters. The van der Waals surface area contributed by atoms with Crippen molar-refractivity contribution in [2.24, 2.45) is 5.73 Å². The van der Waals surface area contributed by atoms with Gasteiger partial charge in [-0.3, -0.25) is 14.5 Å². The smallest absolute Gasteiger partial charge is 0.325 e. The molecule has 0 bridgehead atoms. The standard InChI is InChI=1S/C14H18N4O3/c1-14(2)12(20)18(13(21)17-14)8-11(19)16-10-5-3-4-9(6-10)7-15/h3-6H,7-8,15H2,1-2H3,(H,16,19)(H,17,21). The number of urea groups is 1. The summed E-state index contributed by atoms with van der Waals surface area (Å²) in [5.74, 6) is -0.858. The van der Waals surface area contributed by atoms with Crippen LogP contribution in [0.25, 0.3) is 0 Å². The van der Waals surface area contributed by atoms with E-state index in [1.54, 1.807) is 32.0 Å². The largest absolute Gasteiger partial charge is 0.326 e. The molecule has 0 spiro atoms. The van der Waals surface area contributed by atoms with Crippen molar-refractivity contribution in [2.45, 2.75) is 25.9 Å². The van der Waals surface area contributed by atoms with Crippen molar-refractivity contribution < 1.29 is 14.4 Å². The van der Waals surface area contributed by atoms with Gasteiger partial charge in [0.2, 0.25) is 5.91 Å². The molecule has 112 valence electrons. The van der Waals surface area contributed by atoms with Gasteiger partial charge in [-0.1, -0.05) is 12.1 Å². The Morgan fingerprint density at radius 2 is 2.10 bits per heavy atom. The highest BCUT2D eigenvalue weighted by Gasteiger charge is 2.44. The number of nitrogens with one attached hydrogen (secondary N) is 2. The molecule has 0 saturated carbocycles. The van der Waals surface area contributed by atoms with Crippen LogP contribution in [0.1, 0.15) is 19.4 Å². The highest BCUT2D eigenvalue weighted by atomic mass is 16.2. The third-order valence-corrected chi connectivity index (χ3v) is 3.19. The van der Waals surface area contributed by atoms with E-state index in [1.165, 1.54) is 0 Å². The molecule has 4 N–H and O–H groups in total. The van der Waals surface area contributed by atoms with Crippen LogP contribution in [0.5, 0.6) is 0 Å². The summed E-state index contributed by atoms with van der Waals surface area (Å²) in [6, 6.07) is 6.51. The van der Waals surface area contributed by atoms with Crippen molar-refractivity contribution in [3.63, 3.8) is 0 Å². The number of rotatable bonds is 4. The molecule has 2 rings (SSSR count). The lowest BCUT2D eigenvalue weighted by molar-refractivity contribution is -0.132. The number of nitrogens with two attached hydrogens (primary N) is 1. The van der Waals surface area contributed by atoms with Gasteiger partial charge in [0.1, 0.15) is 12.1 Å². The lowest BCUT2D eigenvalue weighted by Gasteiger charge is -2.15. The van der Waals surface area contributed by atoms with Crippen LogP contribution in [-0.4, -0.2) is 34.8 Å². The van der Waals surface area contributed by atoms with E-state index in [0.29, 0.717) is 12.2 Å². The molecule has 0 unspecified atom stereocenters. The van der Waals surface area contributed by atoms with Crippen LogP contribution >= 0.6 is 0 Å². The first kappa shape index (κ1) is 15.0. The Morgan fingerprint density at radius 3 is 2.67 bits per heavy atom. The maximum atomic E-state index is 12.0. The zero-order chi connectivity index (χ0) is 15.6. The predicted molar refractivity (Wildman–Crippen MR) is 77.3 cm³/mol. The molecule has 1 aliphatic heterocycles. The molecule has 1 aliphatic rings. The highest BCUT2D eigenvalue weighted by Crippen LogP contribution is 2.16. The van der Waals surface area contributed by atoms with E-state index >= 15 is 0 Å². The molecule has 0 radical (unpaired) electrons. The maximum Gasteiger partial charge on any atom is 0.325 e. The van der Waals surface area contributed by atoms with Crippen molar-refractivity contribution >= 4 is 23.5 Å². The van der Waals surface area contributed by atoms with Gasteiger partial charge >= 0.3 is 6.03 Å². The molecule has 1 fully saturated rings. The monoisotopic (exact) mass is 290 g/mol. The summed E-state index contributed by atoms with van der Waals surface area (Å²) in [6.45, 7) is 3.23. The summed E-state index contributed by atoms with van der Waals surface area (Å²) in [7, 11) is 0. The van der Waals surface area contributed by atoms with Crippen molar-refractivity contribution in [1.82, 2.24) is 10.2 Å². The molecule has 7 nitrogen and oxygen atoms in total. The normalized spacial score (nSPS) is 16.8. The van der Waals surface area contributed by atoms with Gasteiger partial charge < -0.3 is 16.4 Å². The number of benzene rings is 1. The van der Waals surface area contributed by atoms with Gasteiger partial charge in [0.05, 0.1) is 0 Å². The van der Waals surface area contributed by atoms with Crippen molar-refractivity contribution in [3.8, 4) is 0 Å². The van der Waals surface area contributed by atoms with Crippen LogP contribution in [0, 0.1) is 0 Å².